The summed E-state index contributed by atoms with van der Waals surface area (Å²) >= 11 is 0. The molecule has 1 aliphatic rings. The second-order valence-corrected chi connectivity index (χ2v) is 8.16. The highest BCUT2D eigenvalue weighted by Gasteiger charge is 2.27. The number of ether oxygens (including phenoxy) is 1. The average Bonchev–Trinajstić information content (AvgIpc) is 2.56. The lowest BCUT2D eigenvalue weighted by Gasteiger charge is -2.32. The van der Waals surface area contributed by atoms with Gasteiger partial charge >= 0.3 is 0 Å². The first-order valence-corrected chi connectivity index (χ1v) is 9.75. The molecule has 0 aromatic heterocycles. The number of benzene rings is 1. The van der Waals surface area contributed by atoms with Gasteiger partial charge in [0.05, 0.1) is 25.5 Å². The summed E-state index contributed by atoms with van der Waals surface area (Å²) in [6.07, 6.45) is 0. The summed E-state index contributed by atoms with van der Waals surface area (Å²) in [5.41, 5.74) is 2.30. The Morgan fingerprint density at radius 2 is 1.83 bits per heavy atom. The minimum atomic E-state index is -3.19. The lowest BCUT2D eigenvalue weighted by molar-refractivity contribution is -0.937. The van der Waals surface area contributed by atoms with Gasteiger partial charge in [-0.25, -0.2) is 13.1 Å². The number of hydrogen-bond acceptors (Lipinski definition) is 4. The zero-order valence-electron chi connectivity index (χ0n) is 14.2. The molecule has 1 aliphatic heterocycles. The summed E-state index contributed by atoms with van der Waals surface area (Å²) in [5, 5.41) is 0. The fourth-order valence-electron chi connectivity index (χ4n) is 2.80. The van der Waals surface area contributed by atoms with Gasteiger partial charge in [-0.15, -0.1) is 0 Å². The van der Waals surface area contributed by atoms with E-state index in [-0.39, 0.29) is 11.8 Å². The Kier molecular flexibility index (Phi) is 6.41. The first-order chi connectivity index (χ1) is 10.9. The summed E-state index contributed by atoms with van der Waals surface area (Å²) in [5.74, 6) is 0.109. The lowest BCUT2D eigenvalue weighted by atomic mass is 10.0. The van der Waals surface area contributed by atoms with Gasteiger partial charge in [0.1, 0.15) is 19.1 Å². The lowest BCUT2D eigenvalue weighted by Crippen LogP contribution is -3.15. The maximum Gasteiger partial charge on any atom is 0.211 e. The largest absolute Gasteiger partial charge is 0.378 e. The van der Waals surface area contributed by atoms with Crippen molar-refractivity contribution in [2.45, 2.75) is 13.0 Å². The van der Waals surface area contributed by atoms with Gasteiger partial charge < -0.3 is 14.5 Å². The molecule has 0 radical (unpaired) electrons. The van der Waals surface area contributed by atoms with Crippen LogP contribution in [0.25, 0.3) is 0 Å². The SMILES string of the molecule is CCS(=O)(=O)NC[C@H](c1ccc(N(C)C)cc1)[NH+]1CCOCC1. The maximum atomic E-state index is 11.8. The van der Waals surface area contributed by atoms with Gasteiger partial charge in [0.2, 0.25) is 10.0 Å². The van der Waals surface area contributed by atoms with Crippen molar-refractivity contribution in [3.8, 4) is 0 Å². The molecule has 0 aliphatic carbocycles. The molecular formula is C16H28N3O3S+. The molecule has 2 N–H and O–H groups in total. The molecule has 1 aromatic carbocycles. The Hall–Kier alpha value is -1.15. The fourth-order valence-corrected chi connectivity index (χ4v) is 3.42. The zero-order chi connectivity index (χ0) is 16.9. The van der Waals surface area contributed by atoms with Crippen molar-refractivity contribution >= 4 is 15.7 Å². The van der Waals surface area contributed by atoms with Crippen LogP contribution in [0.5, 0.6) is 0 Å². The molecule has 2 rings (SSSR count). The normalized spacial score (nSPS) is 17.9. The molecule has 1 fully saturated rings. The molecule has 1 saturated heterocycles. The summed E-state index contributed by atoms with van der Waals surface area (Å²) in [4.78, 5) is 3.42. The number of sulfonamides is 1. The van der Waals surface area contributed by atoms with Crippen molar-refractivity contribution in [1.82, 2.24) is 4.72 Å². The van der Waals surface area contributed by atoms with E-state index in [0.29, 0.717) is 6.54 Å². The van der Waals surface area contributed by atoms with Gasteiger partial charge in [-0.05, 0) is 19.1 Å². The van der Waals surface area contributed by atoms with E-state index in [0.717, 1.165) is 37.6 Å². The summed E-state index contributed by atoms with van der Waals surface area (Å²) in [6, 6.07) is 8.47. The van der Waals surface area contributed by atoms with Gasteiger partial charge in [-0.2, -0.15) is 0 Å². The van der Waals surface area contributed by atoms with Crippen LogP contribution in [0.15, 0.2) is 24.3 Å². The predicted molar refractivity (Wildman–Crippen MR) is 92.5 cm³/mol. The van der Waals surface area contributed by atoms with E-state index in [1.54, 1.807) is 6.92 Å². The molecular weight excluding hydrogens is 314 g/mol. The molecule has 0 saturated carbocycles. The number of quaternary nitrogens is 1. The van der Waals surface area contributed by atoms with E-state index in [9.17, 15) is 8.42 Å². The highest BCUT2D eigenvalue weighted by molar-refractivity contribution is 7.89. The van der Waals surface area contributed by atoms with Gasteiger partial charge in [0.15, 0.2) is 0 Å². The second-order valence-electron chi connectivity index (χ2n) is 6.06. The number of nitrogens with zero attached hydrogens (tertiary/aromatic N) is 1. The Labute approximate surface area is 139 Å². The predicted octanol–water partition coefficient (Wildman–Crippen LogP) is -0.352. The number of hydrogen-bond donors (Lipinski definition) is 2. The highest BCUT2D eigenvalue weighted by atomic mass is 32.2. The summed E-state index contributed by atoms with van der Waals surface area (Å²) in [7, 11) is 0.832. The molecule has 6 nitrogen and oxygen atoms in total. The first kappa shape index (κ1) is 18.2. The standard InChI is InChI=1S/C16H27N3O3S/c1-4-23(20,21)17-13-16(19-9-11-22-12-10-19)14-5-7-15(8-6-14)18(2)3/h5-8,16-17H,4,9-13H2,1-3H3/p+1/t16-/m1/s1. The Morgan fingerprint density at radius 3 is 2.35 bits per heavy atom. The molecule has 130 valence electrons. The van der Waals surface area contributed by atoms with Crippen LogP contribution < -0.4 is 14.5 Å². The van der Waals surface area contributed by atoms with E-state index < -0.39 is 10.0 Å². The summed E-state index contributed by atoms with van der Waals surface area (Å²) in [6.45, 7) is 5.32. The van der Waals surface area contributed by atoms with E-state index in [1.165, 1.54) is 4.90 Å². The third kappa shape index (κ3) is 5.17. The molecule has 1 heterocycles. The maximum absolute atomic E-state index is 11.8. The van der Waals surface area contributed by atoms with Crippen molar-refractivity contribution in [1.29, 1.82) is 0 Å². The number of nitrogens with one attached hydrogen (secondary N) is 2. The smallest absolute Gasteiger partial charge is 0.211 e. The van der Waals surface area contributed by atoms with Crippen LogP contribution in [0.1, 0.15) is 18.5 Å². The van der Waals surface area contributed by atoms with Crippen LogP contribution in [0, 0.1) is 0 Å². The van der Waals surface area contributed by atoms with Crippen LogP contribution in [-0.4, -0.2) is 61.1 Å². The molecule has 0 amide bonds. The number of anilines is 1. The second kappa shape index (κ2) is 8.10. The fraction of sp³-hybridized carbons (Fsp3) is 0.625. The van der Waals surface area contributed by atoms with Crippen molar-refractivity contribution < 1.29 is 18.1 Å². The third-order valence-corrected chi connectivity index (χ3v) is 5.69. The van der Waals surface area contributed by atoms with Gasteiger partial charge in [0.25, 0.3) is 0 Å². The average molecular weight is 342 g/mol. The third-order valence-electron chi connectivity index (χ3n) is 4.33. The summed E-state index contributed by atoms with van der Waals surface area (Å²) < 4.78 is 31.8. The minimum absolute atomic E-state index is 0.108. The Morgan fingerprint density at radius 1 is 1.22 bits per heavy atom. The highest BCUT2D eigenvalue weighted by Crippen LogP contribution is 2.16. The van der Waals surface area contributed by atoms with E-state index >= 15 is 0 Å². The minimum Gasteiger partial charge on any atom is -0.378 e. The quantitative estimate of drug-likeness (QED) is 0.711. The molecule has 1 aromatic rings. The van der Waals surface area contributed by atoms with E-state index in [4.69, 9.17) is 4.74 Å². The Balaban J connectivity index is 2.17. The molecule has 7 heteroatoms. The molecule has 0 unspecified atom stereocenters. The number of morpholine rings is 1. The van der Waals surface area contributed by atoms with Gasteiger partial charge in [-0.3, -0.25) is 0 Å². The molecule has 0 bridgehead atoms. The van der Waals surface area contributed by atoms with Crippen LogP contribution in [-0.2, 0) is 14.8 Å². The van der Waals surface area contributed by atoms with Gasteiger partial charge in [-0.1, -0.05) is 12.1 Å². The van der Waals surface area contributed by atoms with Crippen molar-refractivity contribution in [3.63, 3.8) is 0 Å². The van der Waals surface area contributed by atoms with Gasteiger partial charge in [0, 0.05) is 25.3 Å². The van der Waals surface area contributed by atoms with Crippen molar-refractivity contribution in [3.05, 3.63) is 29.8 Å². The molecule has 23 heavy (non-hydrogen) atoms. The van der Waals surface area contributed by atoms with Crippen molar-refractivity contribution in [2.75, 3.05) is 57.6 Å². The van der Waals surface area contributed by atoms with Crippen LogP contribution in [0.2, 0.25) is 0 Å². The number of rotatable bonds is 7. The topological polar surface area (TPSA) is 63.1 Å². The molecule has 0 spiro atoms. The monoisotopic (exact) mass is 342 g/mol. The van der Waals surface area contributed by atoms with E-state index in [2.05, 4.69) is 33.9 Å². The van der Waals surface area contributed by atoms with Crippen LogP contribution in [0.3, 0.4) is 0 Å². The molecule has 1 atom stereocenters. The zero-order valence-corrected chi connectivity index (χ0v) is 15.0. The van der Waals surface area contributed by atoms with E-state index in [1.807, 2.05) is 14.1 Å². The van der Waals surface area contributed by atoms with Crippen molar-refractivity contribution in [2.24, 2.45) is 0 Å². The van der Waals surface area contributed by atoms with Crippen LogP contribution in [0.4, 0.5) is 5.69 Å². The van der Waals surface area contributed by atoms with Crippen LogP contribution >= 0.6 is 0 Å². The Bertz CT molecular complexity index is 581. The first-order valence-electron chi connectivity index (χ1n) is 8.10.